The van der Waals surface area contributed by atoms with Crippen molar-refractivity contribution in [1.82, 2.24) is 0 Å². The smallest absolute Gasteiger partial charge is 0.0396 e. The van der Waals surface area contributed by atoms with E-state index in [0.717, 1.165) is 18.3 Å². The Morgan fingerprint density at radius 1 is 1.28 bits per heavy atom. The van der Waals surface area contributed by atoms with Gasteiger partial charge in [-0.3, -0.25) is 0 Å². The van der Waals surface area contributed by atoms with Gasteiger partial charge >= 0.3 is 0 Å². The van der Waals surface area contributed by atoms with Crippen LogP contribution in [-0.4, -0.2) is 19.1 Å². The first kappa shape index (κ1) is 13.4. The zero-order valence-corrected chi connectivity index (χ0v) is 12.1. The molecule has 1 aromatic rings. The second-order valence-electron chi connectivity index (χ2n) is 6.16. The van der Waals surface area contributed by atoms with Crippen LogP contribution >= 0.6 is 0 Å². The van der Waals surface area contributed by atoms with Crippen molar-refractivity contribution >= 4 is 5.69 Å². The van der Waals surface area contributed by atoms with Gasteiger partial charge in [0.1, 0.15) is 0 Å². The summed E-state index contributed by atoms with van der Waals surface area (Å²) in [4.78, 5) is 2.53. The molecule has 1 aromatic carbocycles. The molecular weight excluding hydrogens is 220 g/mol. The summed E-state index contributed by atoms with van der Waals surface area (Å²) in [7, 11) is 0. The molecule has 0 spiro atoms. The van der Waals surface area contributed by atoms with Crippen molar-refractivity contribution in [3.05, 3.63) is 29.3 Å². The average Bonchev–Trinajstić information content (AvgIpc) is 2.58. The highest BCUT2D eigenvalue weighted by Gasteiger charge is 2.26. The zero-order chi connectivity index (χ0) is 13.3. The summed E-state index contributed by atoms with van der Waals surface area (Å²) < 4.78 is 0. The van der Waals surface area contributed by atoms with Crippen molar-refractivity contribution in [2.24, 2.45) is 17.6 Å². The fourth-order valence-electron chi connectivity index (χ4n) is 2.90. The van der Waals surface area contributed by atoms with Gasteiger partial charge < -0.3 is 10.6 Å². The van der Waals surface area contributed by atoms with Gasteiger partial charge in [-0.15, -0.1) is 0 Å². The molecule has 2 N–H and O–H groups in total. The Labute approximate surface area is 111 Å². The number of nitrogens with zero attached hydrogens (tertiary/aromatic N) is 1. The van der Waals surface area contributed by atoms with Crippen LogP contribution in [0, 0.1) is 18.8 Å². The lowest BCUT2D eigenvalue weighted by atomic mass is 10.0. The number of anilines is 1. The second-order valence-corrected chi connectivity index (χ2v) is 6.16. The largest absolute Gasteiger partial charge is 0.371 e. The van der Waals surface area contributed by atoms with Crippen molar-refractivity contribution < 1.29 is 0 Å². The fraction of sp³-hybridized carbons (Fsp3) is 0.625. The summed E-state index contributed by atoms with van der Waals surface area (Å²) in [6, 6.07) is 7.05. The quantitative estimate of drug-likeness (QED) is 0.888. The normalized spacial score (nSPS) is 25.5. The molecule has 100 valence electrons. The Bertz CT molecular complexity index is 402. The Hall–Kier alpha value is -1.02. The van der Waals surface area contributed by atoms with E-state index in [1.807, 2.05) is 0 Å². The molecule has 18 heavy (non-hydrogen) atoms. The molecule has 3 atom stereocenters. The van der Waals surface area contributed by atoms with Gasteiger partial charge in [0.25, 0.3) is 0 Å². The fourth-order valence-corrected chi connectivity index (χ4v) is 2.90. The monoisotopic (exact) mass is 246 g/mol. The Balaban J connectivity index is 2.15. The molecule has 2 rings (SSSR count). The van der Waals surface area contributed by atoms with Crippen LogP contribution in [0.2, 0.25) is 0 Å². The van der Waals surface area contributed by atoms with E-state index in [9.17, 15) is 0 Å². The third-order valence-electron chi connectivity index (χ3n) is 4.15. The summed E-state index contributed by atoms with van der Waals surface area (Å²) in [5, 5.41) is 0. The summed E-state index contributed by atoms with van der Waals surface area (Å²) in [6.07, 6.45) is 0.966. The van der Waals surface area contributed by atoms with E-state index in [4.69, 9.17) is 5.73 Å². The highest BCUT2D eigenvalue weighted by atomic mass is 15.2. The molecule has 0 saturated carbocycles. The maximum Gasteiger partial charge on any atom is 0.0396 e. The first-order valence-corrected chi connectivity index (χ1v) is 7.07. The molecule has 2 nitrogen and oxygen atoms in total. The van der Waals surface area contributed by atoms with Crippen LogP contribution in [0.5, 0.6) is 0 Å². The van der Waals surface area contributed by atoms with E-state index >= 15 is 0 Å². The lowest BCUT2D eigenvalue weighted by molar-refractivity contribution is 0.494. The van der Waals surface area contributed by atoms with Gasteiger partial charge in [-0.1, -0.05) is 26.0 Å². The van der Waals surface area contributed by atoms with Gasteiger partial charge in [0.15, 0.2) is 0 Å². The third-order valence-corrected chi connectivity index (χ3v) is 4.15. The zero-order valence-electron chi connectivity index (χ0n) is 12.1. The van der Waals surface area contributed by atoms with Crippen LogP contribution in [0.1, 0.15) is 31.9 Å². The van der Waals surface area contributed by atoms with Gasteiger partial charge in [0.2, 0.25) is 0 Å². The van der Waals surface area contributed by atoms with E-state index in [0.29, 0.717) is 0 Å². The Kier molecular flexibility index (Phi) is 3.96. The minimum absolute atomic E-state index is 0.238. The molecule has 1 aliphatic heterocycles. The van der Waals surface area contributed by atoms with E-state index in [1.54, 1.807) is 0 Å². The maximum absolute atomic E-state index is 5.86. The van der Waals surface area contributed by atoms with E-state index in [2.05, 4.69) is 50.8 Å². The lowest BCUT2D eigenvalue weighted by Crippen LogP contribution is -2.21. The summed E-state index contributed by atoms with van der Waals surface area (Å²) in [5.74, 6) is 1.60. The van der Waals surface area contributed by atoms with Crippen molar-refractivity contribution in [1.29, 1.82) is 0 Å². The number of hydrogen-bond donors (Lipinski definition) is 1. The summed E-state index contributed by atoms with van der Waals surface area (Å²) in [6.45, 7) is 11.4. The lowest BCUT2D eigenvalue weighted by Gasteiger charge is -2.21. The maximum atomic E-state index is 5.86. The van der Waals surface area contributed by atoms with Crippen LogP contribution < -0.4 is 10.6 Å². The third kappa shape index (κ3) is 2.86. The first-order valence-electron chi connectivity index (χ1n) is 7.07. The molecule has 1 heterocycles. The highest BCUT2D eigenvalue weighted by Crippen LogP contribution is 2.30. The van der Waals surface area contributed by atoms with Crippen LogP contribution in [0.4, 0.5) is 5.69 Å². The number of benzene rings is 1. The van der Waals surface area contributed by atoms with Crippen LogP contribution in [0.3, 0.4) is 0 Å². The van der Waals surface area contributed by atoms with Gasteiger partial charge in [0, 0.05) is 24.8 Å². The topological polar surface area (TPSA) is 29.3 Å². The Morgan fingerprint density at radius 3 is 2.39 bits per heavy atom. The van der Waals surface area contributed by atoms with Crippen LogP contribution in [0.25, 0.3) is 0 Å². The van der Waals surface area contributed by atoms with Gasteiger partial charge in [-0.05, 0) is 49.3 Å². The molecule has 0 radical (unpaired) electrons. The molecular formula is C16H26N2. The summed E-state index contributed by atoms with van der Waals surface area (Å²) in [5.41, 5.74) is 10.0. The number of rotatable bonds is 3. The van der Waals surface area contributed by atoms with Crippen molar-refractivity contribution in [3.63, 3.8) is 0 Å². The van der Waals surface area contributed by atoms with Gasteiger partial charge in [-0.25, -0.2) is 0 Å². The molecule has 0 aromatic heterocycles. The average molecular weight is 246 g/mol. The Morgan fingerprint density at radius 2 is 1.89 bits per heavy atom. The number of aryl methyl sites for hydroxylation is 1. The molecule has 3 unspecified atom stereocenters. The van der Waals surface area contributed by atoms with Gasteiger partial charge in [-0.2, -0.15) is 0 Å². The molecule has 1 aliphatic rings. The van der Waals surface area contributed by atoms with Gasteiger partial charge in [0.05, 0.1) is 0 Å². The SMILES string of the molecule is Cc1cc(CC(C)N)ccc1N1CC(C)C(C)C1. The number of hydrogen-bond acceptors (Lipinski definition) is 2. The van der Waals surface area contributed by atoms with Crippen LogP contribution in [-0.2, 0) is 6.42 Å². The van der Waals surface area contributed by atoms with E-state index in [-0.39, 0.29) is 6.04 Å². The predicted octanol–water partition coefficient (Wildman–Crippen LogP) is 2.98. The minimum Gasteiger partial charge on any atom is -0.371 e. The van der Waals surface area contributed by atoms with Crippen molar-refractivity contribution in [2.75, 3.05) is 18.0 Å². The van der Waals surface area contributed by atoms with Crippen molar-refractivity contribution in [2.45, 2.75) is 40.2 Å². The van der Waals surface area contributed by atoms with E-state index < -0.39 is 0 Å². The van der Waals surface area contributed by atoms with Crippen molar-refractivity contribution in [3.8, 4) is 0 Å². The molecule has 2 heteroatoms. The summed E-state index contributed by atoms with van der Waals surface area (Å²) >= 11 is 0. The second kappa shape index (κ2) is 5.31. The van der Waals surface area contributed by atoms with Crippen LogP contribution in [0.15, 0.2) is 18.2 Å². The predicted molar refractivity (Wildman–Crippen MR) is 79.1 cm³/mol. The molecule has 1 fully saturated rings. The molecule has 0 amide bonds. The highest BCUT2D eigenvalue weighted by molar-refractivity contribution is 5.55. The number of nitrogens with two attached hydrogens (primary N) is 1. The minimum atomic E-state index is 0.238. The standard InChI is InChI=1S/C16H26N2/c1-11-7-15(8-14(4)17)5-6-16(11)18-9-12(2)13(3)10-18/h5-7,12-14H,8-10,17H2,1-4H3. The molecule has 0 aliphatic carbocycles. The molecule has 0 bridgehead atoms. The van der Waals surface area contributed by atoms with E-state index in [1.165, 1.54) is 29.9 Å². The first-order chi connectivity index (χ1) is 8.47. The molecule has 1 saturated heterocycles.